The van der Waals surface area contributed by atoms with E-state index in [1.54, 1.807) is 0 Å². The lowest BCUT2D eigenvalue weighted by Gasteiger charge is -2.20. The Labute approximate surface area is 91.5 Å². The Kier molecular flexibility index (Phi) is 2.88. The van der Waals surface area contributed by atoms with E-state index in [4.69, 9.17) is 10.7 Å². The number of hydrogen-bond donors (Lipinski definition) is 0. The van der Waals surface area contributed by atoms with Crippen LogP contribution >= 0.6 is 10.7 Å². The maximum Gasteiger partial charge on any atom is 0.500 e. The molecule has 0 fully saturated rings. The minimum absolute atomic E-state index is 0.109. The Morgan fingerprint density at radius 2 is 1.87 bits per heavy atom. The van der Waals surface area contributed by atoms with Crippen molar-refractivity contribution in [1.82, 2.24) is 4.90 Å². The van der Waals surface area contributed by atoms with Gasteiger partial charge in [-0.15, -0.1) is 0 Å². The van der Waals surface area contributed by atoms with E-state index in [9.17, 15) is 18.0 Å². The Bertz CT molecular complexity index is 467. The van der Waals surface area contributed by atoms with Crippen molar-refractivity contribution in [2.75, 3.05) is 14.1 Å². The highest BCUT2D eigenvalue weighted by atomic mass is 35.7. The van der Waals surface area contributed by atoms with Crippen LogP contribution in [0, 0.1) is 0 Å². The number of carbonyl (C=O) groups is 2. The highest BCUT2D eigenvalue weighted by Crippen LogP contribution is 2.16. The molecule has 84 valence electrons. The minimum Gasteiger partial charge on any atom is -0.245 e. The topological polar surface area (TPSA) is 74.5 Å². The molecule has 0 bridgehead atoms. The zero-order valence-electron chi connectivity index (χ0n) is 8.39. The average molecular weight is 254 g/mol. The number of urea groups is 1. The molecule has 6 nitrogen and oxygen atoms in total. The third-order valence-corrected chi connectivity index (χ3v) is 3.96. The third-order valence-electron chi connectivity index (χ3n) is 2.32. The zero-order valence-corrected chi connectivity index (χ0v) is 9.96. The molecule has 1 aliphatic heterocycles. The molecule has 15 heavy (non-hydrogen) atoms. The highest BCUT2D eigenvalue weighted by Gasteiger charge is 2.49. The lowest BCUT2D eigenvalue weighted by molar-refractivity contribution is -0.405. The molecular weight excluding hydrogens is 244 g/mol. The van der Waals surface area contributed by atoms with Crippen molar-refractivity contribution in [3.63, 3.8) is 0 Å². The van der Waals surface area contributed by atoms with E-state index in [0.717, 1.165) is 9.48 Å². The number of rotatable bonds is 1. The predicted molar refractivity (Wildman–Crippen MR) is 53.6 cm³/mol. The number of imide groups is 1. The SMILES string of the molecule is CC1=[N+](C)C(=O)N(C)C(=O)C1S(=O)(=O)Cl. The fraction of sp³-hybridized carbons (Fsp3) is 0.571. The minimum atomic E-state index is -4.06. The van der Waals surface area contributed by atoms with Gasteiger partial charge in [0, 0.05) is 10.7 Å². The summed E-state index contributed by atoms with van der Waals surface area (Å²) in [6, 6.07) is -0.575. The molecular formula is C7H10ClN2O4S+. The second-order valence-corrected chi connectivity index (χ2v) is 5.95. The summed E-state index contributed by atoms with van der Waals surface area (Å²) in [6.07, 6.45) is 0. The largest absolute Gasteiger partial charge is 0.500 e. The van der Waals surface area contributed by atoms with Crippen molar-refractivity contribution in [1.29, 1.82) is 0 Å². The van der Waals surface area contributed by atoms with Gasteiger partial charge in [0.05, 0.1) is 14.1 Å². The maximum absolute atomic E-state index is 11.5. The molecule has 3 amide bonds. The molecule has 0 aromatic rings. The summed E-state index contributed by atoms with van der Waals surface area (Å²) in [5, 5.41) is -1.48. The van der Waals surface area contributed by atoms with Gasteiger partial charge in [0.25, 0.3) is 9.05 Å². The molecule has 0 N–H and O–H groups in total. The number of carbonyl (C=O) groups excluding carboxylic acids is 2. The normalized spacial score (nSPS) is 23.7. The second-order valence-electron chi connectivity index (χ2n) is 3.24. The fourth-order valence-corrected chi connectivity index (χ4v) is 2.90. The Hall–Kier alpha value is -0.950. The van der Waals surface area contributed by atoms with Crippen LogP contribution < -0.4 is 0 Å². The number of hydrogen-bond acceptors (Lipinski definition) is 4. The summed E-state index contributed by atoms with van der Waals surface area (Å²) in [5.74, 6) is -0.828. The first-order valence-corrected chi connectivity index (χ1v) is 6.37. The summed E-state index contributed by atoms with van der Waals surface area (Å²) in [4.78, 5) is 23.7. The van der Waals surface area contributed by atoms with Crippen LogP contribution in [0.1, 0.15) is 6.92 Å². The van der Waals surface area contributed by atoms with Crippen LogP contribution in [0.2, 0.25) is 0 Å². The van der Waals surface area contributed by atoms with E-state index < -0.39 is 26.2 Å². The predicted octanol–water partition coefficient (Wildman–Crippen LogP) is -0.381. The molecule has 1 heterocycles. The molecule has 0 saturated heterocycles. The summed E-state index contributed by atoms with van der Waals surface area (Å²) in [5.41, 5.74) is 0.109. The van der Waals surface area contributed by atoms with Gasteiger partial charge in [0.1, 0.15) is 5.71 Å². The molecule has 1 rings (SSSR count). The molecule has 1 aliphatic rings. The van der Waals surface area contributed by atoms with E-state index in [-0.39, 0.29) is 5.71 Å². The molecule has 1 unspecified atom stereocenters. The van der Waals surface area contributed by atoms with Crippen molar-refractivity contribution in [3.8, 4) is 0 Å². The maximum atomic E-state index is 11.5. The van der Waals surface area contributed by atoms with E-state index in [2.05, 4.69) is 0 Å². The molecule has 1 atom stereocenters. The first-order valence-electron chi connectivity index (χ1n) is 4.00. The van der Waals surface area contributed by atoms with Gasteiger partial charge < -0.3 is 0 Å². The Balaban J connectivity index is 3.43. The summed E-state index contributed by atoms with van der Waals surface area (Å²) >= 11 is 0. The van der Waals surface area contributed by atoms with Crippen molar-refractivity contribution < 1.29 is 22.6 Å². The van der Waals surface area contributed by atoms with Crippen LogP contribution in [0.15, 0.2) is 0 Å². The van der Waals surface area contributed by atoms with Crippen LogP contribution in [-0.4, -0.2) is 54.9 Å². The number of nitrogens with zero attached hydrogens (tertiary/aromatic N) is 2. The monoisotopic (exact) mass is 253 g/mol. The molecule has 0 aliphatic carbocycles. The van der Waals surface area contributed by atoms with Crippen molar-refractivity contribution in [2.24, 2.45) is 0 Å². The first-order chi connectivity index (χ1) is 6.68. The lowest BCUT2D eigenvalue weighted by Crippen LogP contribution is -2.55. The van der Waals surface area contributed by atoms with Crippen LogP contribution in [-0.2, 0) is 13.8 Å². The fourth-order valence-electron chi connectivity index (χ4n) is 1.32. The van der Waals surface area contributed by atoms with Crippen LogP contribution in [0.3, 0.4) is 0 Å². The molecule has 8 heteroatoms. The quantitative estimate of drug-likeness (QED) is 0.472. The van der Waals surface area contributed by atoms with Crippen molar-refractivity contribution >= 4 is 37.4 Å². The standard InChI is InChI=1S/C7H10ClN2O4S/c1-4-5(15(8,13)14)6(11)10(3)7(12)9(4)2/h5H,1-3H3/q+1. The number of amides is 3. The average Bonchev–Trinajstić information content (AvgIpc) is 2.09. The second kappa shape index (κ2) is 3.57. The Morgan fingerprint density at radius 1 is 1.40 bits per heavy atom. The van der Waals surface area contributed by atoms with Gasteiger partial charge in [-0.3, -0.25) is 0 Å². The smallest absolute Gasteiger partial charge is 0.245 e. The van der Waals surface area contributed by atoms with Crippen molar-refractivity contribution in [2.45, 2.75) is 12.2 Å². The van der Waals surface area contributed by atoms with E-state index in [0.29, 0.717) is 0 Å². The molecule has 0 spiro atoms. The van der Waals surface area contributed by atoms with Crippen LogP contribution in [0.25, 0.3) is 0 Å². The van der Waals surface area contributed by atoms with Crippen LogP contribution in [0.5, 0.6) is 0 Å². The van der Waals surface area contributed by atoms with Gasteiger partial charge >= 0.3 is 11.9 Å². The molecule has 0 radical (unpaired) electrons. The highest BCUT2D eigenvalue weighted by molar-refractivity contribution is 8.15. The zero-order chi connectivity index (χ0) is 12.0. The van der Waals surface area contributed by atoms with Gasteiger partial charge in [-0.2, -0.15) is 14.3 Å². The Morgan fingerprint density at radius 3 is 2.27 bits per heavy atom. The number of halogens is 1. The van der Waals surface area contributed by atoms with E-state index in [1.807, 2.05) is 0 Å². The molecule has 0 aromatic carbocycles. The van der Waals surface area contributed by atoms with Crippen molar-refractivity contribution in [3.05, 3.63) is 0 Å². The first kappa shape index (κ1) is 12.1. The molecule has 0 aromatic heterocycles. The lowest BCUT2D eigenvalue weighted by atomic mass is 10.2. The van der Waals surface area contributed by atoms with E-state index in [1.165, 1.54) is 21.0 Å². The summed E-state index contributed by atoms with van der Waals surface area (Å²) < 4.78 is 23.4. The van der Waals surface area contributed by atoms with Gasteiger partial charge in [0.2, 0.25) is 5.25 Å². The van der Waals surface area contributed by atoms with Gasteiger partial charge in [0.15, 0.2) is 0 Å². The summed E-state index contributed by atoms with van der Waals surface area (Å²) in [6.45, 7) is 1.38. The van der Waals surface area contributed by atoms with E-state index >= 15 is 0 Å². The van der Waals surface area contributed by atoms with Gasteiger partial charge in [-0.05, 0) is 6.92 Å². The van der Waals surface area contributed by atoms with Crippen LogP contribution in [0.4, 0.5) is 4.79 Å². The third kappa shape index (κ3) is 1.89. The summed E-state index contributed by atoms with van der Waals surface area (Å²) in [7, 11) is 3.68. The van der Waals surface area contributed by atoms with Gasteiger partial charge in [-0.1, -0.05) is 0 Å². The molecule has 0 saturated carbocycles. The van der Waals surface area contributed by atoms with Gasteiger partial charge in [-0.25, -0.2) is 13.2 Å².